The van der Waals surface area contributed by atoms with E-state index >= 15 is 0 Å². The lowest BCUT2D eigenvalue weighted by Crippen LogP contribution is -2.55. The third-order valence-electron chi connectivity index (χ3n) is 7.57. The minimum atomic E-state index is -0.622. The van der Waals surface area contributed by atoms with Crippen LogP contribution < -0.4 is 25.6 Å². The number of nitrogens with two attached hydrogens (primary N) is 1. The molecule has 0 radical (unpaired) electrons. The van der Waals surface area contributed by atoms with Crippen molar-refractivity contribution in [2.45, 2.75) is 50.8 Å². The van der Waals surface area contributed by atoms with Crippen molar-refractivity contribution in [1.29, 1.82) is 0 Å². The number of urea groups is 1. The third-order valence-corrected chi connectivity index (χ3v) is 8.67. The van der Waals surface area contributed by atoms with E-state index in [-0.39, 0.29) is 35.0 Å². The molecule has 3 aliphatic rings. The number of primary amides is 1. The largest absolute Gasteiger partial charge is 0.488 e. The maximum absolute atomic E-state index is 14.5. The van der Waals surface area contributed by atoms with E-state index in [4.69, 9.17) is 15.2 Å². The Morgan fingerprint density at radius 2 is 2.10 bits per heavy atom. The summed E-state index contributed by atoms with van der Waals surface area (Å²) in [6.45, 7) is 6.74. The highest BCUT2D eigenvalue weighted by atomic mass is 32.1. The molecule has 2 fully saturated rings. The zero-order valence-corrected chi connectivity index (χ0v) is 22.3. The van der Waals surface area contributed by atoms with E-state index in [0.717, 1.165) is 18.4 Å². The Labute approximate surface area is 229 Å². The Hall–Kier alpha value is -3.96. The zero-order chi connectivity index (χ0) is 27.3. The maximum Gasteiger partial charge on any atom is 0.334 e. The molecule has 202 valence electrons. The molecule has 6 rings (SSSR count). The van der Waals surface area contributed by atoms with E-state index < -0.39 is 5.91 Å². The van der Waals surface area contributed by atoms with Crippen LogP contribution in [-0.2, 0) is 9.53 Å². The average Bonchev–Trinajstić information content (AvgIpc) is 3.67. The first-order chi connectivity index (χ1) is 18.9. The van der Waals surface area contributed by atoms with Gasteiger partial charge in [0.1, 0.15) is 21.6 Å². The molecule has 1 aromatic carbocycles. The first-order valence-electron chi connectivity index (χ1n) is 13.0. The first-order valence-corrected chi connectivity index (χ1v) is 13.8. The molecular weight excluding hydrogens is 518 g/mol. The van der Waals surface area contributed by atoms with Crippen LogP contribution in [0, 0.1) is 6.92 Å². The summed E-state index contributed by atoms with van der Waals surface area (Å²) in [6.07, 6.45) is 5.86. The maximum atomic E-state index is 14.5. The second-order valence-electron chi connectivity index (χ2n) is 10.0. The molecule has 1 saturated heterocycles. The van der Waals surface area contributed by atoms with Gasteiger partial charge in [0, 0.05) is 12.6 Å². The molecule has 3 atom stereocenters. The highest BCUT2D eigenvalue weighted by Gasteiger charge is 2.45. The van der Waals surface area contributed by atoms with Gasteiger partial charge in [-0.05, 0) is 62.1 Å². The topological polar surface area (TPSA) is 127 Å². The predicted octanol–water partition coefficient (Wildman–Crippen LogP) is 4.17. The van der Waals surface area contributed by atoms with Gasteiger partial charge in [-0.2, -0.15) is 0 Å². The smallest absolute Gasteiger partial charge is 0.334 e. The number of nitrogens with one attached hydrogen (secondary N) is 1. The minimum Gasteiger partial charge on any atom is -0.488 e. The lowest BCUT2D eigenvalue weighted by molar-refractivity contribution is -0.117. The lowest BCUT2D eigenvalue weighted by Gasteiger charge is -2.41. The molecule has 2 aromatic heterocycles. The summed E-state index contributed by atoms with van der Waals surface area (Å²) in [7, 11) is 0. The number of nitrogens with zero attached hydrogens (tertiary/aromatic N) is 3. The van der Waals surface area contributed by atoms with Crippen molar-refractivity contribution in [3.63, 3.8) is 0 Å². The van der Waals surface area contributed by atoms with Crippen LogP contribution in [0.15, 0.2) is 43.1 Å². The van der Waals surface area contributed by atoms with Gasteiger partial charge in [-0.25, -0.2) is 9.78 Å². The van der Waals surface area contributed by atoms with Crippen LogP contribution >= 0.6 is 11.3 Å². The summed E-state index contributed by atoms with van der Waals surface area (Å²) in [4.78, 5) is 48.0. The Bertz CT molecular complexity index is 1500. The van der Waals surface area contributed by atoms with E-state index in [2.05, 4.69) is 16.9 Å². The number of hydrogen-bond donors (Lipinski definition) is 2. The van der Waals surface area contributed by atoms with Crippen LogP contribution in [0.4, 0.5) is 21.9 Å². The number of benzene rings is 1. The molecule has 11 heteroatoms. The van der Waals surface area contributed by atoms with Gasteiger partial charge in [-0.15, -0.1) is 11.3 Å². The summed E-state index contributed by atoms with van der Waals surface area (Å²) in [6, 6.07) is 6.44. The van der Waals surface area contributed by atoms with E-state index in [0.29, 0.717) is 59.1 Å². The van der Waals surface area contributed by atoms with E-state index in [1.807, 2.05) is 25.1 Å². The number of pyridine rings is 1. The van der Waals surface area contributed by atoms with Crippen LogP contribution in [0.1, 0.15) is 40.9 Å². The van der Waals surface area contributed by atoms with Gasteiger partial charge >= 0.3 is 6.03 Å². The van der Waals surface area contributed by atoms with Crippen LogP contribution in [-0.4, -0.2) is 54.2 Å². The van der Waals surface area contributed by atoms with Crippen molar-refractivity contribution >= 4 is 56.5 Å². The molecule has 0 spiro atoms. The van der Waals surface area contributed by atoms with Crippen LogP contribution in [0.5, 0.6) is 5.75 Å². The van der Waals surface area contributed by atoms with Crippen molar-refractivity contribution in [1.82, 2.24) is 10.3 Å². The van der Waals surface area contributed by atoms with Gasteiger partial charge in [0.15, 0.2) is 0 Å². The number of rotatable bonds is 7. The highest BCUT2D eigenvalue weighted by Crippen LogP contribution is 2.50. The Morgan fingerprint density at radius 1 is 1.26 bits per heavy atom. The molecule has 4 amide bonds. The van der Waals surface area contributed by atoms with Crippen LogP contribution in [0.2, 0.25) is 0 Å². The van der Waals surface area contributed by atoms with E-state index in [9.17, 15) is 14.4 Å². The number of anilines is 3. The lowest BCUT2D eigenvalue weighted by atomic mass is 10.0. The molecule has 3 N–H and O–H groups in total. The molecule has 1 saturated carbocycles. The molecular formula is C28H29N5O5S. The summed E-state index contributed by atoms with van der Waals surface area (Å²) in [5, 5.41) is 3.67. The van der Waals surface area contributed by atoms with Gasteiger partial charge in [0.2, 0.25) is 5.91 Å². The number of carbonyl (C=O) groups is 3. The van der Waals surface area contributed by atoms with Gasteiger partial charge in [-0.3, -0.25) is 19.4 Å². The van der Waals surface area contributed by atoms with E-state index in [1.165, 1.54) is 17.4 Å². The summed E-state index contributed by atoms with van der Waals surface area (Å²) in [5.41, 5.74) is 8.45. The molecule has 1 aliphatic carbocycles. The molecule has 39 heavy (non-hydrogen) atoms. The summed E-state index contributed by atoms with van der Waals surface area (Å²) < 4.78 is 11.5. The summed E-state index contributed by atoms with van der Waals surface area (Å²) in [5.74, 6) is -0.216. The predicted molar refractivity (Wildman–Crippen MR) is 149 cm³/mol. The number of amides is 4. The zero-order valence-electron chi connectivity index (χ0n) is 21.5. The summed E-state index contributed by atoms with van der Waals surface area (Å²) >= 11 is 1.17. The Morgan fingerprint density at radius 3 is 2.82 bits per heavy atom. The van der Waals surface area contributed by atoms with Crippen molar-refractivity contribution in [3.05, 3.63) is 53.6 Å². The Balaban J connectivity index is 1.48. The number of aryl methyl sites for hydroxylation is 1. The average molecular weight is 548 g/mol. The standard InChI is InChI=1S/C28H29N5O5S/c1-3-22(34)31-18-5-4-6-20(18)33-24-23-21(9-11-30-27(23)39-25(24)26(29)35)32(28(33)36)19-8-7-16(13-15(19)2)38-17-10-12-37-14-17/h3,7-9,11,13,17-18,20H,1,4-6,10,12,14H2,2H3,(H2,29,35)(H,31,34)/t17-,18-,20+/m0/s1. The number of hydrogen-bond acceptors (Lipinski definition) is 7. The van der Waals surface area contributed by atoms with E-state index in [1.54, 1.807) is 22.1 Å². The van der Waals surface area contributed by atoms with Crippen molar-refractivity contribution in [3.8, 4) is 5.75 Å². The normalized spacial score (nSPS) is 22.4. The fourth-order valence-electron chi connectivity index (χ4n) is 5.83. The van der Waals surface area contributed by atoms with Gasteiger partial charge in [0.05, 0.1) is 47.7 Å². The van der Waals surface area contributed by atoms with Crippen molar-refractivity contribution < 1.29 is 23.9 Å². The molecule has 10 nitrogen and oxygen atoms in total. The molecule has 3 aromatic rings. The fraction of sp³-hybridized carbons (Fsp3) is 0.357. The molecule has 0 bridgehead atoms. The Kier molecular flexibility index (Phi) is 6.48. The highest BCUT2D eigenvalue weighted by molar-refractivity contribution is 7.21. The van der Waals surface area contributed by atoms with Gasteiger partial charge in [0.25, 0.3) is 5.91 Å². The third kappa shape index (κ3) is 4.31. The molecule has 0 unspecified atom stereocenters. The molecule has 4 heterocycles. The van der Waals surface area contributed by atoms with Crippen LogP contribution in [0.3, 0.4) is 0 Å². The van der Waals surface area contributed by atoms with Crippen molar-refractivity contribution in [2.75, 3.05) is 23.0 Å². The number of ether oxygens (including phenoxy) is 2. The first kappa shape index (κ1) is 25.3. The second-order valence-corrected chi connectivity index (χ2v) is 11.0. The number of carbonyl (C=O) groups excluding carboxylic acids is 3. The SMILES string of the molecule is C=CC(=O)N[C@H]1CCC[C@H]1N1C(=O)N(c2ccc(O[C@H]3CCOC3)cc2C)c2ccnc3sc(C(N)=O)c1c23. The second kappa shape index (κ2) is 9.97. The minimum absolute atomic E-state index is 0.00726. The van der Waals surface area contributed by atoms with Crippen LogP contribution in [0.25, 0.3) is 10.2 Å². The fourth-order valence-corrected chi connectivity index (χ4v) is 6.84. The number of aromatic nitrogens is 1. The van der Waals surface area contributed by atoms with Gasteiger partial charge in [-0.1, -0.05) is 6.58 Å². The monoisotopic (exact) mass is 547 g/mol. The van der Waals surface area contributed by atoms with Gasteiger partial charge < -0.3 is 20.5 Å². The number of thiophene rings is 1. The van der Waals surface area contributed by atoms with Crippen molar-refractivity contribution in [2.24, 2.45) is 5.73 Å². The molecule has 2 aliphatic heterocycles. The quantitative estimate of drug-likeness (QED) is 0.428.